The van der Waals surface area contributed by atoms with Crippen LogP contribution >= 0.6 is 0 Å². The van der Waals surface area contributed by atoms with Crippen LogP contribution < -0.4 is 19.1 Å². The molecule has 0 unspecified atom stereocenters. The van der Waals surface area contributed by atoms with Gasteiger partial charge in [-0.1, -0.05) is 18.2 Å². The summed E-state index contributed by atoms with van der Waals surface area (Å²) in [5.74, 6) is 0.742. The van der Waals surface area contributed by atoms with E-state index >= 15 is 0 Å². The lowest BCUT2D eigenvalue weighted by Crippen LogP contribution is -2.49. The molecule has 0 bridgehead atoms. The predicted molar refractivity (Wildman–Crippen MR) is 141 cm³/mol. The van der Waals surface area contributed by atoms with Gasteiger partial charge in [-0.05, 0) is 57.0 Å². The minimum atomic E-state index is -3.58. The van der Waals surface area contributed by atoms with E-state index in [1.54, 1.807) is 50.4 Å². The molecule has 0 fully saturated rings. The monoisotopic (exact) mass is 519 g/mol. The zero-order chi connectivity index (χ0) is 26.9. The first-order chi connectivity index (χ1) is 17.0. The topological polar surface area (TPSA) is 105 Å². The van der Waals surface area contributed by atoms with E-state index in [1.807, 2.05) is 26.0 Å². The van der Waals surface area contributed by atoms with Crippen molar-refractivity contribution in [1.29, 1.82) is 0 Å². The van der Waals surface area contributed by atoms with Gasteiger partial charge in [-0.2, -0.15) is 0 Å². The second-order valence-electron chi connectivity index (χ2n) is 8.85. The summed E-state index contributed by atoms with van der Waals surface area (Å²) in [6, 6.07) is 13.3. The first-order valence-corrected chi connectivity index (χ1v) is 13.7. The summed E-state index contributed by atoms with van der Waals surface area (Å²) in [6.07, 6.45) is 1.48. The number of sulfonamides is 1. The molecule has 0 aromatic heterocycles. The van der Waals surface area contributed by atoms with Crippen molar-refractivity contribution in [2.24, 2.45) is 0 Å². The van der Waals surface area contributed by atoms with E-state index in [4.69, 9.17) is 9.47 Å². The Hall–Kier alpha value is -3.27. The summed E-state index contributed by atoms with van der Waals surface area (Å²) in [5.41, 5.74) is 1.31. The Bertz CT molecular complexity index is 1120. The van der Waals surface area contributed by atoms with Gasteiger partial charge in [0.05, 0.1) is 26.2 Å². The maximum Gasteiger partial charge on any atom is 0.242 e. The number of ether oxygens (including phenoxy) is 2. The van der Waals surface area contributed by atoms with E-state index in [9.17, 15) is 18.0 Å². The fourth-order valence-corrected chi connectivity index (χ4v) is 4.64. The second-order valence-corrected chi connectivity index (χ2v) is 10.8. The van der Waals surface area contributed by atoms with Gasteiger partial charge in [0.2, 0.25) is 21.8 Å². The number of benzene rings is 2. The van der Waals surface area contributed by atoms with Gasteiger partial charge in [0.1, 0.15) is 17.5 Å². The summed E-state index contributed by atoms with van der Waals surface area (Å²) in [5, 5.41) is 2.86. The number of hydrogen-bond donors (Lipinski definition) is 1. The maximum absolute atomic E-state index is 13.3. The van der Waals surface area contributed by atoms with Crippen LogP contribution in [0.2, 0.25) is 0 Å². The molecule has 2 aromatic rings. The molecule has 2 aromatic carbocycles. The fraction of sp³-hybridized carbons (Fsp3) is 0.462. The molecule has 198 valence electrons. The molecule has 1 atom stereocenters. The molecule has 0 spiro atoms. The smallest absolute Gasteiger partial charge is 0.242 e. The Morgan fingerprint density at radius 1 is 0.972 bits per heavy atom. The average Bonchev–Trinajstić information content (AvgIpc) is 2.83. The highest BCUT2D eigenvalue weighted by Gasteiger charge is 2.27. The van der Waals surface area contributed by atoms with Gasteiger partial charge in [0.25, 0.3) is 0 Å². The van der Waals surface area contributed by atoms with Crippen molar-refractivity contribution in [3.63, 3.8) is 0 Å². The standard InChI is InChI=1S/C26H37N3O6S/c1-19(2)27-26(31)20(3)28(18-21-12-14-23(34-4)15-13-21)25(30)11-8-16-29(36(6,32)33)22-9-7-10-24(17-22)35-5/h7,9-10,12-15,17,19-20H,8,11,16,18H2,1-6H3,(H,27,31)/t20-/m0/s1. The van der Waals surface area contributed by atoms with Crippen LogP contribution in [0.5, 0.6) is 11.5 Å². The van der Waals surface area contributed by atoms with Crippen molar-refractivity contribution in [3.05, 3.63) is 54.1 Å². The fourth-order valence-electron chi connectivity index (χ4n) is 3.68. The van der Waals surface area contributed by atoms with E-state index in [0.29, 0.717) is 17.2 Å². The number of rotatable bonds is 13. The predicted octanol–water partition coefficient (Wildman–Crippen LogP) is 3.19. The number of amides is 2. The molecule has 0 aliphatic heterocycles. The van der Waals surface area contributed by atoms with Crippen molar-refractivity contribution in [3.8, 4) is 11.5 Å². The summed E-state index contributed by atoms with van der Waals surface area (Å²) in [7, 11) is -0.494. The summed E-state index contributed by atoms with van der Waals surface area (Å²) in [6.45, 7) is 5.76. The molecule has 9 nitrogen and oxygen atoms in total. The van der Waals surface area contributed by atoms with E-state index in [-0.39, 0.29) is 43.8 Å². The number of nitrogens with zero attached hydrogens (tertiary/aromatic N) is 2. The van der Waals surface area contributed by atoms with E-state index in [2.05, 4.69) is 5.32 Å². The number of anilines is 1. The number of hydrogen-bond acceptors (Lipinski definition) is 6. The molecule has 0 aliphatic carbocycles. The molecule has 2 amide bonds. The molecule has 0 saturated carbocycles. The number of nitrogens with one attached hydrogen (secondary N) is 1. The zero-order valence-corrected chi connectivity index (χ0v) is 22.7. The summed E-state index contributed by atoms with van der Waals surface area (Å²) >= 11 is 0. The highest BCUT2D eigenvalue weighted by Crippen LogP contribution is 2.24. The maximum atomic E-state index is 13.3. The molecule has 1 N–H and O–H groups in total. The lowest BCUT2D eigenvalue weighted by atomic mass is 10.1. The van der Waals surface area contributed by atoms with Crippen LogP contribution in [0.15, 0.2) is 48.5 Å². The van der Waals surface area contributed by atoms with Gasteiger partial charge in [-0.15, -0.1) is 0 Å². The summed E-state index contributed by atoms with van der Waals surface area (Å²) in [4.78, 5) is 27.6. The quantitative estimate of drug-likeness (QED) is 0.436. The van der Waals surface area contributed by atoms with Crippen LogP contribution in [0.4, 0.5) is 5.69 Å². The molecule has 2 rings (SSSR count). The van der Waals surface area contributed by atoms with Gasteiger partial charge >= 0.3 is 0 Å². The zero-order valence-electron chi connectivity index (χ0n) is 21.9. The minimum Gasteiger partial charge on any atom is -0.497 e. The second kappa shape index (κ2) is 13.2. The van der Waals surface area contributed by atoms with E-state index in [0.717, 1.165) is 11.8 Å². The highest BCUT2D eigenvalue weighted by atomic mass is 32.2. The normalized spacial score (nSPS) is 12.1. The van der Waals surface area contributed by atoms with Crippen molar-refractivity contribution < 1.29 is 27.5 Å². The van der Waals surface area contributed by atoms with Crippen molar-refractivity contribution >= 4 is 27.5 Å². The Kier molecular flexibility index (Phi) is 10.6. The van der Waals surface area contributed by atoms with Gasteiger partial charge in [0, 0.05) is 31.6 Å². The average molecular weight is 520 g/mol. The summed E-state index contributed by atoms with van der Waals surface area (Å²) < 4.78 is 36.6. The lowest BCUT2D eigenvalue weighted by molar-refractivity contribution is -0.140. The van der Waals surface area contributed by atoms with E-state index < -0.39 is 16.1 Å². The van der Waals surface area contributed by atoms with Crippen LogP contribution in [-0.2, 0) is 26.2 Å². The Morgan fingerprint density at radius 3 is 2.17 bits per heavy atom. The van der Waals surface area contributed by atoms with Gasteiger partial charge < -0.3 is 19.7 Å². The van der Waals surface area contributed by atoms with Crippen LogP contribution in [-0.4, -0.2) is 64.2 Å². The Labute approximate surface area is 214 Å². The van der Waals surface area contributed by atoms with Crippen LogP contribution in [0.3, 0.4) is 0 Å². The number of carbonyl (C=O) groups is 2. The third kappa shape index (κ3) is 8.44. The third-order valence-corrected chi connectivity index (χ3v) is 6.80. The molecular formula is C26H37N3O6S. The molecule has 0 heterocycles. The minimum absolute atomic E-state index is 0.0657. The first-order valence-electron chi connectivity index (χ1n) is 11.8. The first kappa shape index (κ1) is 29.0. The molecule has 10 heteroatoms. The van der Waals surface area contributed by atoms with Crippen LogP contribution in [0.1, 0.15) is 39.2 Å². The van der Waals surface area contributed by atoms with Crippen molar-refractivity contribution in [1.82, 2.24) is 10.2 Å². The molecule has 0 saturated heterocycles. The highest BCUT2D eigenvalue weighted by molar-refractivity contribution is 7.92. The molecule has 0 aliphatic rings. The Morgan fingerprint density at radius 2 is 1.61 bits per heavy atom. The SMILES string of the molecule is COc1ccc(CN(C(=O)CCCN(c2cccc(OC)c2)S(C)(=O)=O)[C@@H](C)C(=O)NC(C)C)cc1. The van der Waals surface area contributed by atoms with Crippen LogP contribution in [0, 0.1) is 0 Å². The van der Waals surface area contributed by atoms with Gasteiger partial charge in [-0.25, -0.2) is 8.42 Å². The number of methoxy groups -OCH3 is 2. The molecular weight excluding hydrogens is 482 g/mol. The lowest BCUT2D eigenvalue weighted by Gasteiger charge is -2.30. The Balaban J connectivity index is 2.18. The largest absolute Gasteiger partial charge is 0.497 e. The van der Waals surface area contributed by atoms with Crippen molar-refractivity contribution in [2.45, 2.75) is 52.2 Å². The molecule has 36 heavy (non-hydrogen) atoms. The van der Waals surface area contributed by atoms with Gasteiger partial charge in [-0.3, -0.25) is 13.9 Å². The third-order valence-electron chi connectivity index (χ3n) is 5.60. The van der Waals surface area contributed by atoms with Gasteiger partial charge in [0.15, 0.2) is 0 Å². The number of carbonyl (C=O) groups excluding carboxylic acids is 2. The van der Waals surface area contributed by atoms with Crippen LogP contribution in [0.25, 0.3) is 0 Å². The molecule has 0 radical (unpaired) electrons. The van der Waals surface area contributed by atoms with Crippen molar-refractivity contribution in [2.75, 3.05) is 31.3 Å². The van der Waals surface area contributed by atoms with E-state index in [1.165, 1.54) is 16.3 Å².